The van der Waals surface area contributed by atoms with E-state index in [0.717, 1.165) is 10.8 Å². The van der Waals surface area contributed by atoms with Crippen LogP contribution in [0.15, 0.2) is 29.3 Å². The Morgan fingerprint density at radius 3 is 2.90 bits per heavy atom. The van der Waals surface area contributed by atoms with Crippen molar-refractivity contribution in [1.29, 1.82) is 0 Å². The lowest BCUT2D eigenvalue weighted by Crippen LogP contribution is -2.21. The second-order valence-electron chi connectivity index (χ2n) is 4.44. The lowest BCUT2D eigenvalue weighted by Gasteiger charge is -2.05. The Morgan fingerprint density at radius 1 is 1.40 bits per heavy atom. The van der Waals surface area contributed by atoms with Crippen molar-refractivity contribution in [2.45, 2.75) is 19.9 Å². The van der Waals surface area contributed by atoms with E-state index in [1.54, 1.807) is 23.0 Å². The average molecular weight is 272 g/mol. The third kappa shape index (κ3) is 1.67. The van der Waals surface area contributed by atoms with Crippen LogP contribution in [0.3, 0.4) is 0 Å². The van der Waals surface area contributed by atoms with Gasteiger partial charge in [-0.05, 0) is 18.6 Å². The maximum atomic E-state index is 12.4. The molecular formula is C13H12N4O3. The summed E-state index contributed by atoms with van der Waals surface area (Å²) in [7, 11) is 0. The highest BCUT2D eigenvalue weighted by atomic mass is 16.4. The zero-order chi connectivity index (χ0) is 14.3. The molecule has 0 bridgehead atoms. The Balaban J connectivity index is 2.46. The van der Waals surface area contributed by atoms with E-state index in [1.807, 2.05) is 6.92 Å². The molecule has 0 spiro atoms. The van der Waals surface area contributed by atoms with Crippen molar-refractivity contribution >= 4 is 22.8 Å². The van der Waals surface area contributed by atoms with Crippen LogP contribution in [0.25, 0.3) is 16.8 Å². The summed E-state index contributed by atoms with van der Waals surface area (Å²) >= 11 is 0. The Kier molecular flexibility index (Phi) is 2.74. The van der Waals surface area contributed by atoms with Gasteiger partial charge in [0.25, 0.3) is 5.56 Å². The van der Waals surface area contributed by atoms with E-state index in [4.69, 9.17) is 5.11 Å². The number of hydrogen-bond acceptors (Lipinski definition) is 4. The third-order valence-corrected chi connectivity index (χ3v) is 3.09. The molecule has 0 aliphatic rings. The van der Waals surface area contributed by atoms with E-state index in [-0.39, 0.29) is 11.2 Å². The van der Waals surface area contributed by atoms with E-state index in [1.165, 1.54) is 6.07 Å². The Bertz CT molecular complexity index is 878. The van der Waals surface area contributed by atoms with Crippen molar-refractivity contribution in [2.75, 3.05) is 0 Å². The van der Waals surface area contributed by atoms with Gasteiger partial charge in [0, 0.05) is 6.54 Å². The van der Waals surface area contributed by atoms with Crippen molar-refractivity contribution < 1.29 is 9.90 Å². The van der Waals surface area contributed by atoms with Crippen LogP contribution in [0.1, 0.15) is 23.8 Å². The average Bonchev–Trinajstić information content (AvgIpc) is 2.82. The van der Waals surface area contributed by atoms with Crippen molar-refractivity contribution in [3.63, 3.8) is 0 Å². The van der Waals surface area contributed by atoms with E-state index in [2.05, 4.69) is 9.97 Å². The molecule has 0 amide bonds. The highest BCUT2D eigenvalue weighted by Gasteiger charge is 2.15. The van der Waals surface area contributed by atoms with E-state index < -0.39 is 11.5 Å². The number of fused-ring (bicyclic) bond motifs is 2. The van der Waals surface area contributed by atoms with Crippen LogP contribution < -0.4 is 5.56 Å². The van der Waals surface area contributed by atoms with Gasteiger partial charge in [0.2, 0.25) is 0 Å². The van der Waals surface area contributed by atoms with Gasteiger partial charge in [0.15, 0.2) is 11.2 Å². The maximum Gasteiger partial charge on any atom is 0.353 e. The number of hydrogen-bond donors (Lipinski definition) is 1. The molecule has 102 valence electrons. The number of imidazole rings is 1. The van der Waals surface area contributed by atoms with Crippen molar-refractivity contribution in [3.8, 4) is 0 Å². The predicted molar refractivity (Wildman–Crippen MR) is 72.0 cm³/mol. The number of aromatic carboxylic acids is 1. The number of carbonyl (C=O) groups is 1. The Morgan fingerprint density at radius 2 is 2.20 bits per heavy atom. The van der Waals surface area contributed by atoms with Crippen molar-refractivity contribution in [1.82, 2.24) is 18.9 Å². The SMILES string of the molecule is CCCn1cnc2c(=O)n3c(C(=O)O)cccc3nc21. The molecule has 0 unspecified atom stereocenters. The van der Waals surface area contributed by atoms with E-state index in [0.29, 0.717) is 17.8 Å². The van der Waals surface area contributed by atoms with Crippen LogP contribution in [0, 0.1) is 0 Å². The van der Waals surface area contributed by atoms with Crippen LogP contribution >= 0.6 is 0 Å². The predicted octanol–water partition coefficient (Wildman–Crippen LogP) is 1.15. The Hall–Kier alpha value is -2.70. The molecule has 7 nitrogen and oxygen atoms in total. The summed E-state index contributed by atoms with van der Waals surface area (Å²) in [5, 5.41) is 9.16. The number of aromatic nitrogens is 4. The number of carboxylic acid groups (broad SMARTS) is 1. The summed E-state index contributed by atoms with van der Waals surface area (Å²) in [6, 6.07) is 4.54. The maximum absolute atomic E-state index is 12.4. The number of aryl methyl sites for hydroxylation is 1. The minimum Gasteiger partial charge on any atom is -0.477 e. The first-order valence-corrected chi connectivity index (χ1v) is 6.23. The smallest absolute Gasteiger partial charge is 0.353 e. The van der Waals surface area contributed by atoms with Gasteiger partial charge in [0.1, 0.15) is 11.3 Å². The van der Waals surface area contributed by atoms with E-state index >= 15 is 0 Å². The molecule has 3 rings (SSSR count). The van der Waals surface area contributed by atoms with Crippen LogP contribution in [-0.4, -0.2) is 30.0 Å². The minimum atomic E-state index is -1.17. The van der Waals surface area contributed by atoms with Gasteiger partial charge < -0.3 is 9.67 Å². The third-order valence-electron chi connectivity index (χ3n) is 3.09. The largest absolute Gasteiger partial charge is 0.477 e. The van der Waals surface area contributed by atoms with E-state index in [9.17, 15) is 9.59 Å². The fourth-order valence-electron chi connectivity index (χ4n) is 2.23. The molecule has 0 atom stereocenters. The van der Waals surface area contributed by atoms with Crippen LogP contribution in [-0.2, 0) is 6.54 Å². The number of carboxylic acids is 1. The zero-order valence-corrected chi connectivity index (χ0v) is 10.8. The van der Waals surface area contributed by atoms with Gasteiger partial charge >= 0.3 is 5.97 Å². The summed E-state index contributed by atoms with van der Waals surface area (Å²) < 4.78 is 2.87. The Labute approximate surface area is 113 Å². The van der Waals surface area contributed by atoms with Gasteiger partial charge in [-0.25, -0.2) is 14.8 Å². The van der Waals surface area contributed by atoms with Gasteiger partial charge in [-0.3, -0.25) is 9.20 Å². The van der Waals surface area contributed by atoms with Crippen LogP contribution in [0.5, 0.6) is 0 Å². The quantitative estimate of drug-likeness (QED) is 0.772. The van der Waals surface area contributed by atoms with Gasteiger partial charge in [-0.15, -0.1) is 0 Å². The molecular weight excluding hydrogens is 260 g/mol. The molecule has 0 fully saturated rings. The van der Waals surface area contributed by atoms with Gasteiger partial charge in [-0.2, -0.15) is 0 Å². The molecule has 0 saturated carbocycles. The summed E-state index contributed by atoms with van der Waals surface area (Å²) in [6.45, 7) is 2.72. The lowest BCUT2D eigenvalue weighted by atomic mass is 10.3. The zero-order valence-electron chi connectivity index (χ0n) is 10.8. The first kappa shape index (κ1) is 12.3. The molecule has 0 saturated heterocycles. The molecule has 1 N–H and O–H groups in total. The second kappa shape index (κ2) is 4.44. The molecule has 3 heterocycles. The van der Waals surface area contributed by atoms with Crippen molar-refractivity contribution in [2.24, 2.45) is 0 Å². The van der Waals surface area contributed by atoms with Gasteiger partial charge in [-0.1, -0.05) is 13.0 Å². The number of nitrogens with zero attached hydrogens (tertiary/aromatic N) is 4. The van der Waals surface area contributed by atoms with Crippen LogP contribution in [0.4, 0.5) is 0 Å². The number of rotatable bonds is 3. The molecule has 20 heavy (non-hydrogen) atoms. The molecule has 0 radical (unpaired) electrons. The number of pyridine rings is 1. The standard InChI is InChI=1S/C13H12N4O3/c1-2-6-16-7-14-10-11(16)15-9-5-3-4-8(13(19)20)17(9)12(10)18/h3-5,7H,2,6H2,1H3,(H,19,20). The molecule has 0 aromatic carbocycles. The summed E-state index contributed by atoms with van der Waals surface area (Å²) in [5.41, 5.74) is 0.397. The normalized spacial score (nSPS) is 11.2. The fourth-order valence-corrected chi connectivity index (χ4v) is 2.23. The fraction of sp³-hybridized carbons (Fsp3) is 0.231. The summed E-state index contributed by atoms with van der Waals surface area (Å²) in [4.78, 5) is 32.0. The first-order valence-electron chi connectivity index (χ1n) is 6.23. The summed E-state index contributed by atoms with van der Waals surface area (Å²) in [6.07, 6.45) is 2.45. The molecule has 0 aliphatic carbocycles. The van der Waals surface area contributed by atoms with Crippen molar-refractivity contribution in [3.05, 3.63) is 40.6 Å². The molecule has 0 aliphatic heterocycles. The molecule has 3 aromatic heterocycles. The monoisotopic (exact) mass is 272 g/mol. The minimum absolute atomic E-state index is 0.119. The first-order chi connectivity index (χ1) is 9.63. The molecule has 7 heteroatoms. The topological polar surface area (TPSA) is 89.5 Å². The highest BCUT2D eigenvalue weighted by Crippen LogP contribution is 2.11. The summed E-state index contributed by atoms with van der Waals surface area (Å²) in [5.74, 6) is -1.17. The second-order valence-corrected chi connectivity index (χ2v) is 4.44. The highest BCUT2D eigenvalue weighted by molar-refractivity contribution is 5.87. The lowest BCUT2D eigenvalue weighted by molar-refractivity contribution is 0.0688. The molecule has 3 aromatic rings. The van der Waals surface area contributed by atoms with Gasteiger partial charge in [0.05, 0.1) is 6.33 Å². The van der Waals surface area contributed by atoms with Crippen LogP contribution in [0.2, 0.25) is 0 Å².